The van der Waals surface area contributed by atoms with E-state index in [2.05, 4.69) is 10.3 Å². The number of carbonyl (C=O) groups excluding carboxylic acids is 1. The number of pyridine rings is 1. The zero-order chi connectivity index (χ0) is 14.7. The average molecular weight is 284 g/mol. The van der Waals surface area contributed by atoms with Gasteiger partial charge in [-0.25, -0.2) is 4.39 Å². The highest BCUT2D eigenvalue weighted by Gasteiger charge is 2.37. The second kappa shape index (κ2) is 6.04. The SMILES string of the molecule is O=C(NCc1ccncc1)C(c1ccc(F)cc1)C1CC1. The number of nitrogens with zero attached hydrogens (tertiary/aromatic N) is 1. The quantitative estimate of drug-likeness (QED) is 0.917. The number of hydrogen-bond donors (Lipinski definition) is 1. The molecule has 1 fully saturated rings. The molecule has 1 unspecified atom stereocenters. The Morgan fingerprint density at radius 1 is 1.19 bits per heavy atom. The summed E-state index contributed by atoms with van der Waals surface area (Å²) in [5.74, 6) is -0.0493. The standard InChI is InChI=1S/C17H17FN2O/c18-15-5-3-14(4-6-15)16(13-1-2-13)17(21)20-11-12-7-9-19-10-8-12/h3-10,13,16H,1-2,11H2,(H,20,21). The van der Waals surface area contributed by atoms with Gasteiger partial charge in [-0.3, -0.25) is 9.78 Å². The first-order valence-electron chi connectivity index (χ1n) is 7.16. The molecule has 1 saturated carbocycles. The van der Waals surface area contributed by atoms with Gasteiger partial charge < -0.3 is 5.32 Å². The Bertz CT molecular complexity index is 608. The summed E-state index contributed by atoms with van der Waals surface area (Å²) in [4.78, 5) is 16.4. The summed E-state index contributed by atoms with van der Waals surface area (Å²) in [6.07, 6.45) is 5.54. The van der Waals surface area contributed by atoms with Gasteiger partial charge in [-0.2, -0.15) is 0 Å². The van der Waals surface area contributed by atoms with E-state index >= 15 is 0 Å². The van der Waals surface area contributed by atoms with Crippen LogP contribution in [-0.2, 0) is 11.3 Å². The third kappa shape index (κ3) is 3.45. The molecule has 0 aliphatic heterocycles. The topological polar surface area (TPSA) is 42.0 Å². The van der Waals surface area contributed by atoms with Crippen molar-refractivity contribution in [2.75, 3.05) is 0 Å². The van der Waals surface area contributed by atoms with Gasteiger partial charge in [-0.15, -0.1) is 0 Å². The Hall–Kier alpha value is -2.23. The van der Waals surface area contributed by atoms with Crippen LogP contribution in [0.4, 0.5) is 4.39 Å². The van der Waals surface area contributed by atoms with Crippen LogP contribution in [0.5, 0.6) is 0 Å². The van der Waals surface area contributed by atoms with Gasteiger partial charge in [0.15, 0.2) is 0 Å². The van der Waals surface area contributed by atoms with E-state index in [-0.39, 0.29) is 17.6 Å². The van der Waals surface area contributed by atoms with E-state index in [1.807, 2.05) is 12.1 Å². The van der Waals surface area contributed by atoms with E-state index in [0.29, 0.717) is 12.5 Å². The molecule has 1 N–H and O–H groups in total. The summed E-state index contributed by atoms with van der Waals surface area (Å²) in [7, 11) is 0. The van der Waals surface area contributed by atoms with Crippen molar-refractivity contribution in [1.29, 1.82) is 0 Å². The van der Waals surface area contributed by atoms with Crippen LogP contribution in [0.15, 0.2) is 48.8 Å². The number of halogens is 1. The smallest absolute Gasteiger partial charge is 0.228 e. The Balaban J connectivity index is 1.69. The fourth-order valence-electron chi connectivity index (χ4n) is 2.54. The first-order valence-corrected chi connectivity index (χ1v) is 7.16. The van der Waals surface area contributed by atoms with Gasteiger partial charge >= 0.3 is 0 Å². The summed E-state index contributed by atoms with van der Waals surface area (Å²) in [6.45, 7) is 0.492. The lowest BCUT2D eigenvalue weighted by Crippen LogP contribution is -2.30. The van der Waals surface area contributed by atoms with Gasteiger partial charge in [-0.1, -0.05) is 12.1 Å². The van der Waals surface area contributed by atoms with Gasteiger partial charge in [0.1, 0.15) is 5.82 Å². The van der Waals surface area contributed by atoms with E-state index in [1.54, 1.807) is 24.5 Å². The fraction of sp³-hybridized carbons (Fsp3) is 0.294. The van der Waals surface area contributed by atoms with Crippen LogP contribution in [0.1, 0.15) is 29.9 Å². The molecule has 3 nitrogen and oxygen atoms in total. The van der Waals surface area contributed by atoms with Gasteiger partial charge in [0.05, 0.1) is 5.92 Å². The molecule has 0 radical (unpaired) electrons. The summed E-state index contributed by atoms with van der Waals surface area (Å²) in [6, 6.07) is 10.0. The van der Waals surface area contributed by atoms with Crippen molar-refractivity contribution in [3.05, 3.63) is 65.7 Å². The number of hydrogen-bond acceptors (Lipinski definition) is 2. The summed E-state index contributed by atoms with van der Waals surface area (Å²) < 4.78 is 13.0. The van der Waals surface area contributed by atoms with Crippen LogP contribution in [0, 0.1) is 11.7 Å². The van der Waals surface area contributed by atoms with Crippen molar-refractivity contribution >= 4 is 5.91 Å². The predicted molar refractivity (Wildman–Crippen MR) is 77.9 cm³/mol. The third-order valence-corrected chi connectivity index (χ3v) is 3.82. The molecule has 1 heterocycles. The monoisotopic (exact) mass is 284 g/mol. The van der Waals surface area contributed by atoms with Gasteiger partial charge in [0.25, 0.3) is 0 Å². The van der Waals surface area contributed by atoms with Crippen LogP contribution < -0.4 is 5.32 Å². The number of rotatable bonds is 5. The maximum absolute atomic E-state index is 13.0. The van der Waals surface area contributed by atoms with Crippen LogP contribution >= 0.6 is 0 Å². The van der Waals surface area contributed by atoms with Crippen LogP contribution in [0.3, 0.4) is 0 Å². The summed E-state index contributed by atoms with van der Waals surface area (Å²) in [5, 5.41) is 2.97. The highest BCUT2D eigenvalue weighted by Crippen LogP contribution is 2.42. The number of carbonyl (C=O) groups is 1. The molecule has 0 bridgehead atoms. The minimum atomic E-state index is -0.273. The molecule has 0 saturated heterocycles. The molecule has 1 amide bonds. The molecule has 108 valence electrons. The fourth-order valence-corrected chi connectivity index (χ4v) is 2.54. The highest BCUT2D eigenvalue weighted by molar-refractivity contribution is 5.84. The molecule has 1 aliphatic carbocycles. The zero-order valence-electron chi connectivity index (χ0n) is 11.6. The lowest BCUT2D eigenvalue weighted by molar-refractivity contribution is -0.123. The van der Waals surface area contributed by atoms with Gasteiger partial charge in [0, 0.05) is 18.9 Å². The molecule has 4 heteroatoms. The van der Waals surface area contributed by atoms with Gasteiger partial charge in [0.2, 0.25) is 5.91 Å². The minimum Gasteiger partial charge on any atom is -0.351 e. The lowest BCUT2D eigenvalue weighted by Gasteiger charge is -2.16. The molecule has 1 aliphatic rings. The lowest BCUT2D eigenvalue weighted by atomic mass is 9.93. The Morgan fingerprint density at radius 3 is 2.48 bits per heavy atom. The van der Waals surface area contributed by atoms with E-state index in [1.165, 1.54) is 12.1 Å². The second-order valence-corrected chi connectivity index (χ2v) is 5.44. The maximum atomic E-state index is 13.0. The molecule has 2 aromatic rings. The second-order valence-electron chi connectivity index (χ2n) is 5.44. The molecule has 3 rings (SSSR count). The Labute approximate surface area is 123 Å². The normalized spacial score (nSPS) is 15.5. The van der Waals surface area contributed by atoms with Gasteiger partial charge in [-0.05, 0) is 54.2 Å². The molecule has 1 aromatic carbocycles. The molecule has 21 heavy (non-hydrogen) atoms. The first kappa shape index (κ1) is 13.7. The Kier molecular flexibility index (Phi) is 3.95. The number of nitrogens with one attached hydrogen (secondary N) is 1. The molecular weight excluding hydrogens is 267 g/mol. The average Bonchev–Trinajstić information content (AvgIpc) is 3.33. The molecular formula is C17H17FN2O. The van der Waals surface area contributed by atoms with Crippen molar-refractivity contribution in [2.24, 2.45) is 5.92 Å². The van der Waals surface area contributed by atoms with Crippen molar-refractivity contribution in [3.8, 4) is 0 Å². The van der Waals surface area contributed by atoms with E-state index in [4.69, 9.17) is 0 Å². The predicted octanol–water partition coefficient (Wildman–Crippen LogP) is 3.03. The molecule has 1 aromatic heterocycles. The van der Waals surface area contributed by atoms with E-state index in [0.717, 1.165) is 24.0 Å². The molecule has 1 atom stereocenters. The maximum Gasteiger partial charge on any atom is 0.228 e. The van der Waals surface area contributed by atoms with E-state index in [9.17, 15) is 9.18 Å². The van der Waals surface area contributed by atoms with Crippen LogP contribution in [0.25, 0.3) is 0 Å². The minimum absolute atomic E-state index is 0.0147. The summed E-state index contributed by atoms with van der Waals surface area (Å²) in [5.41, 5.74) is 1.91. The van der Waals surface area contributed by atoms with Crippen LogP contribution in [-0.4, -0.2) is 10.9 Å². The third-order valence-electron chi connectivity index (χ3n) is 3.82. The first-order chi connectivity index (χ1) is 10.2. The van der Waals surface area contributed by atoms with Crippen LogP contribution in [0.2, 0.25) is 0 Å². The molecule has 0 spiro atoms. The van der Waals surface area contributed by atoms with Crippen molar-refractivity contribution in [2.45, 2.75) is 25.3 Å². The van der Waals surface area contributed by atoms with E-state index < -0.39 is 0 Å². The Morgan fingerprint density at radius 2 is 1.86 bits per heavy atom. The number of benzene rings is 1. The van der Waals surface area contributed by atoms with Crippen molar-refractivity contribution in [1.82, 2.24) is 10.3 Å². The summed E-state index contributed by atoms with van der Waals surface area (Å²) >= 11 is 0. The largest absolute Gasteiger partial charge is 0.351 e. The zero-order valence-corrected chi connectivity index (χ0v) is 11.6. The number of amides is 1. The number of aromatic nitrogens is 1. The highest BCUT2D eigenvalue weighted by atomic mass is 19.1. The van der Waals surface area contributed by atoms with Crippen molar-refractivity contribution < 1.29 is 9.18 Å². The van der Waals surface area contributed by atoms with Crippen molar-refractivity contribution in [3.63, 3.8) is 0 Å².